The first kappa shape index (κ1) is 15.4. The van der Waals surface area contributed by atoms with Crippen molar-refractivity contribution in [2.75, 3.05) is 26.2 Å². The number of hydrogen-bond donors (Lipinski definition) is 1. The van der Waals surface area contributed by atoms with Crippen molar-refractivity contribution in [1.29, 1.82) is 0 Å². The summed E-state index contributed by atoms with van der Waals surface area (Å²) in [7, 11) is 0. The third-order valence-electron chi connectivity index (χ3n) is 2.77. The molecule has 0 amide bonds. The van der Waals surface area contributed by atoms with Gasteiger partial charge in [-0.3, -0.25) is 4.90 Å². The van der Waals surface area contributed by atoms with Crippen molar-refractivity contribution in [1.82, 2.24) is 4.90 Å². The predicted octanol–water partition coefficient (Wildman–Crippen LogP) is 2.67. The average Bonchev–Trinajstić information content (AvgIpc) is 2.24. The third-order valence-corrected chi connectivity index (χ3v) is 2.77. The van der Waals surface area contributed by atoms with E-state index in [0.29, 0.717) is 5.92 Å². The first-order valence-electron chi connectivity index (χ1n) is 6.28. The van der Waals surface area contributed by atoms with Crippen LogP contribution < -0.4 is 5.73 Å². The van der Waals surface area contributed by atoms with Crippen molar-refractivity contribution in [2.45, 2.75) is 26.7 Å². The molecule has 1 unspecified atom stereocenters. The molecule has 0 bridgehead atoms. The van der Waals surface area contributed by atoms with Crippen LogP contribution in [0.2, 0.25) is 0 Å². The minimum Gasteiger partial charge on any atom is -0.330 e. The second-order valence-electron chi connectivity index (χ2n) is 4.86. The average molecular weight is 224 g/mol. The first-order valence-corrected chi connectivity index (χ1v) is 6.28. The number of nitrogens with two attached hydrogens (primary N) is 1. The molecule has 0 saturated carbocycles. The summed E-state index contributed by atoms with van der Waals surface area (Å²) in [5, 5.41) is 0. The number of nitrogens with zero attached hydrogens (tertiary/aromatic N) is 1. The van der Waals surface area contributed by atoms with Gasteiger partial charge in [0.2, 0.25) is 0 Å². The van der Waals surface area contributed by atoms with Gasteiger partial charge in [0.15, 0.2) is 0 Å². The Bertz CT molecular complexity index is 177. The van der Waals surface area contributed by atoms with Crippen molar-refractivity contribution in [3.63, 3.8) is 0 Å². The Morgan fingerprint density at radius 3 is 2.12 bits per heavy atom. The molecule has 0 heterocycles. The molecule has 16 heavy (non-hydrogen) atoms. The largest absolute Gasteiger partial charge is 0.330 e. The van der Waals surface area contributed by atoms with Crippen molar-refractivity contribution in [3.8, 4) is 0 Å². The fourth-order valence-electron chi connectivity index (χ4n) is 1.99. The van der Waals surface area contributed by atoms with Gasteiger partial charge in [-0.25, -0.2) is 0 Å². The quantitative estimate of drug-likeness (QED) is 0.578. The second kappa shape index (κ2) is 9.61. The van der Waals surface area contributed by atoms with Crippen LogP contribution in [0.1, 0.15) is 26.7 Å². The Hall–Kier alpha value is -0.600. The Morgan fingerprint density at radius 1 is 1.19 bits per heavy atom. The first-order chi connectivity index (χ1) is 7.63. The molecule has 94 valence electrons. The minimum atomic E-state index is 0.650. The van der Waals surface area contributed by atoms with E-state index in [1.54, 1.807) is 0 Å². The summed E-state index contributed by atoms with van der Waals surface area (Å²) in [5.74, 6) is 1.39. The van der Waals surface area contributed by atoms with E-state index < -0.39 is 0 Å². The predicted molar refractivity (Wildman–Crippen MR) is 73.5 cm³/mol. The molecule has 0 fully saturated rings. The summed E-state index contributed by atoms with van der Waals surface area (Å²) < 4.78 is 0. The molecule has 0 aromatic rings. The van der Waals surface area contributed by atoms with Crippen LogP contribution in [-0.2, 0) is 0 Å². The fourth-order valence-corrected chi connectivity index (χ4v) is 1.99. The normalized spacial score (nSPS) is 13.1. The smallest absolute Gasteiger partial charge is 0.0163 e. The molecule has 2 heteroatoms. The van der Waals surface area contributed by atoms with Crippen molar-refractivity contribution >= 4 is 0 Å². The lowest BCUT2D eigenvalue weighted by Gasteiger charge is -2.23. The zero-order valence-electron chi connectivity index (χ0n) is 11.0. The van der Waals surface area contributed by atoms with Crippen molar-refractivity contribution in [2.24, 2.45) is 17.6 Å². The van der Waals surface area contributed by atoms with Crippen LogP contribution in [0.25, 0.3) is 0 Å². The Kier molecular flexibility index (Phi) is 9.25. The SMILES string of the molecule is C=CCN(CC=C)CCC(CN)CC(C)C. The van der Waals surface area contributed by atoms with Crippen LogP contribution in [0.15, 0.2) is 25.3 Å². The van der Waals surface area contributed by atoms with Crippen molar-refractivity contribution < 1.29 is 0 Å². The monoisotopic (exact) mass is 224 g/mol. The van der Waals surface area contributed by atoms with Gasteiger partial charge in [-0.2, -0.15) is 0 Å². The molecule has 0 saturated heterocycles. The van der Waals surface area contributed by atoms with Crippen LogP contribution in [0.3, 0.4) is 0 Å². The van der Waals surface area contributed by atoms with E-state index in [1.165, 1.54) is 12.8 Å². The van der Waals surface area contributed by atoms with E-state index in [0.717, 1.165) is 32.1 Å². The highest BCUT2D eigenvalue weighted by atomic mass is 15.1. The molecule has 0 rings (SSSR count). The summed E-state index contributed by atoms with van der Waals surface area (Å²) in [6.07, 6.45) is 6.30. The van der Waals surface area contributed by atoms with Crippen LogP contribution >= 0.6 is 0 Å². The molecule has 0 aliphatic heterocycles. The van der Waals surface area contributed by atoms with Crippen LogP contribution in [0, 0.1) is 11.8 Å². The molecule has 1 atom stereocenters. The van der Waals surface area contributed by atoms with Gasteiger partial charge in [-0.1, -0.05) is 26.0 Å². The van der Waals surface area contributed by atoms with Crippen molar-refractivity contribution in [3.05, 3.63) is 25.3 Å². The Morgan fingerprint density at radius 2 is 1.75 bits per heavy atom. The van der Waals surface area contributed by atoms with E-state index in [-0.39, 0.29) is 0 Å². The van der Waals surface area contributed by atoms with E-state index in [9.17, 15) is 0 Å². The van der Waals surface area contributed by atoms with Gasteiger partial charge < -0.3 is 5.73 Å². The highest BCUT2D eigenvalue weighted by Crippen LogP contribution is 2.14. The molecular weight excluding hydrogens is 196 g/mol. The van der Waals surface area contributed by atoms with Crippen LogP contribution in [-0.4, -0.2) is 31.1 Å². The topological polar surface area (TPSA) is 29.3 Å². The second-order valence-corrected chi connectivity index (χ2v) is 4.86. The maximum absolute atomic E-state index is 5.80. The molecule has 0 aromatic carbocycles. The fraction of sp³-hybridized carbons (Fsp3) is 0.714. The zero-order chi connectivity index (χ0) is 12.4. The van der Waals surface area contributed by atoms with Gasteiger partial charge in [0.05, 0.1) is 0 Å². The van der Waals surface area contributed by atoms with E-state index >= 15 is 0 Å². The lowest BCUT2D eigenvalue weighted by atomic mass is 9.94. The third kappa shape index (κ3) is 7.66. The van der Waals surface area contributed by atoms with Gasteiger partial charge >= 0.3 is 0 Å². The maximum atomic E-state index is 5.80. The van der Waals surface area contributed by atoms with Gasteiger partial charge in [-0.15, -0.1) is 13.2 Å². The molecule has 0 spiro atoms. The highest BCUT2D eigenvalue weighted by molar-refractivity contribution is 4.80. The Labute approximate surface area is 101 Å². The summed E-state index contributed by atoms with van der Waals surface area (Å²) in [6, 6.07) is 0. The number of hydrogen-bond acceptors (Lipinski definition) is 2. The van der Waals surface area contributed by atoms with E-state index in [1.807, 2.05) is 12.2 Å². The zero-order valence-corrected chi connectivity index (χ0v) is 11.0. The van der Waals surface area contributed by atoms with E-state index in [2.05, 4.69) is 31.9 Å². The van der Waals surface area contributed by atoms with Gasteiger partial charge in [0.25, 0.3) is 0 Å². The summed E-state index contributed by atoms with van der Waals surface area (Å²) >= 11 is 0. The summed E-state index contributed by atoms with van der Waals surface area (Å²) in [4.78, 5) is 2.35. The molecule has 0 aromatic heterocycles. The molecular formula is C14H28N2. The lowest BCUT2D eigenvalue weighted by molar-refractivity contribution is 0.284. The maximum Gasteiger partial charge on any atom is 0.0163 e. The van der Waals surface area contributed by atoms with Gasteiger partial charge in [0, 0.05) is 13.1 Å². The summed E-state index contributed by atoms with van der Waals surface area (Å²) in [5.41, 5.74) is 5.80. The molecule has 0 aliphatic carbocycles. The standard InChI is InChI=1S/C14H28N2/c1-5-8-16(9-6-2)10-7-14(12-15)11-13(3)4/h5-6,13-14H,1-2,7-12,15H2,3-4H3. The molecule has 2 N–H and O–H groups in total. The molecule has 0 aliphatic rings. The van der Waals surface area contributed by atoms with Gasteiger partial charge in [-0.05, 0) is 37.8 Å². The highest BCUT2D eigenvalue weighted by Gasteiger charge is 2.10. The van der Waals surface area contributed by atoms with Crippen LogP contribution in [0.5, 0.6) is 0 Å². The minimum absolute atomic E-state index is 0.650. The van der Waals surface area contributed by atoms with Crippen LogP contribution in [0.4, 0.5) is 0 Å². The number of rotatable bonds is 10. The Balaban J connectivity index is 3.94. The molecule has 2 nitrogen and oxygen atoms in total. The van der Waals surface area contributed by atoms with Gasteiger partial charge in [0.1, 0.15) is 0 Å². The lowest BCUT2D eigenvalue weighted by Crippen LogP contribution is -2.28. The molecule has 0 radical (unpaired) electrons. The van der Waals surface area contributed by atoms with E-state index in [4.69, 9.17) is 5.73 Å². The summed E-state index contributed by atoms with van der Waals surface area (Å²) in [6.45, 7) is 15.8.